The van der Waals surface area contributed by atoms with Crippen LogP contribution in [0, 0.1) is 5.92 Å². The summed E-state index contributed by atoms with van der Waals surface area (Å²) in [7, 11) is 0. The quantitative estimate of drug-likeness (QED) is 0.838. The number of benzene rings is 1. The predicted octanol–water partition coefficient (Wildman–Crippen LogP) is 1.27. The van der Waals surface area contributed by atoms with Crippen LogP contribution in [0.25, 0.3) is 0 Å². The fourth-order valence-corrected chi connectivity index (χ4v) is 2.74. The van der Waals surface area contributed by atoms with Crippen LogP contribution in [0.15, 0.2) is 30.3 Å². The standard InChI is InChI=1S/C15H23N3O/c16-14(13-4-2-1-3-5-13)11-18-8-6-12(7-9-18)10-15(17)19/h1-5,12,14H,6-11,16H2,(H2,17,19). The normalized spacial score (nSPS) is 19.2. The lowest BCUT2D eigenvalue weighted by molar-refractivity contribution is -0.119. The number of likely N-dealkylation sites (tertiary alicyclic amines) is 1. The van der Waals surface area contributed by atoms with Gasteiger partial charge in [0.2, 0.25) is 5.91 Å². The Bertz CT molecular complexity index is 399. The molecule has 1 saturated heterocycles. The van der Waals surface area contributed by atoms with Gasteiger partial charge in [0.1, 0.15) is 0 Å². The van der Waals surface area contributed by atoms with E-state index in [1.807, 2.05) is 18.2 Å². The van der Waals surface area contributed by atoms with Crippen molar-refractivity contribution in [1.29, 1.82) is 0 Å². The molecule has 4 nitrogen and oxygen atoms in total. The lowest BCUT2D eigenvalue weighted by atomic mass is 9.93. The second kappa shape index (κ2) is 6.68. The molecule has 1 unspecified atom stereocenters. The zero-order chi connectivity index (χ0) is 13.7. The molecule has 1 aromatic carbocycles. The Labute approximate surface area is 114 Å². The second-order valence-electron chi connectivity index (χ2n) is 5.43. The van der Waals surface area contributed by atoms with Gasteiger partial charge < -0.3 is 16.4 Å². The molecule has 104 valence electrons. The number of hydrogen-bond acceptors (Lipinski definition) is 3. The van der Waals surface area contributed by atoms with Gasteiger partial charge in [-0.2, -0.15) is 0 Å². The average molecular weight is 261 g/mol. The summed E-state index contributed by atoms with van der Waals surface area (Å²) in [5.74, 6) is 0.279. The Morgan fingerprint density at radius 3 is 2.47 bits per heavy atom. The molecule has 1 aromatic rings. The highest BCUT2D eigenvalue weighted by atomic mass is 16.1. The maximum Gasteiger partial charge on any atom is 0.217 e. The topological polar surface area (TPSA) is 72.4 Å². The molecule has 4 N–H and O–H groups in total. The van der Waals surface area contributed by atoms with E-state index >= 15 is 0 Å². The van der Waals surface area contributed by atoms with Gasteiger partial charge in [0.05, 0.1) is 0 Å². The van der Waals surface area contributed by atoms with Crippen LogP contribution in [-0.2, 0) is 4.79 Å². The van der Waals surface area contributed by atoms with E-state index in [0.717, 1.165) is 32.5 Å². The Kier molecular flexibility index (Phi) is 4.93. The number of amides is 1. The third kappa shape index (κ3) is 4.33. The summed E-state index contributed by atoms with van der Waals surface area (Å²) >= 11 is 0. The molecule has 1 aliphatic heterocycles. The van der Waals surface area contributed by atoms with E-state index in [9.17, 15) is 4.79 Å². The van der Waals surface area contributed by atoms with Crippen molar-refractivity contribution in [1.82, 2.24) is 4.90 Å². The number of nitrogens with two attached hydrogens (primary N) is 2. The third-order valence-corrected chi connectivity index (χ3v) is 3.88. The van der Waals surface area contributed by atoms with Crippen LogP contribution in [0.5, 0.6) is 0 Å². The SMILES string of the molecule is NC(=O)CC1CCN(CC(N)c2ccccc2)CC1. The first kappa shape index (κ1) is 14.0. The van der Waals surface area contributed by atoms with Gasteiger partial charge in [-0.3, -0.25) is 4.79 Å². The van der Waals surface area contributed by atoms with Crippen LogP contribution in [-0.4, -0.2) is 30.4 Å². The molecular weight excluding hydrogens is 238 g/mol. The monoisotopic (exact) mass is 261 g/mol. The third-order valence-electron chi connectivity index (χ3n) is 3.88. The number of primary amides is 1. The molecule has 1 amide bonds. The van der Waals surface area contributed by atoms with Crippen molar-refractivity contribution in [3.63, 3.8) is 0 Å². The van der Waals surface area contributed by atoms with Gasteiger partial charge in [-0.15, -0.1) is 0 Å². The Morgan fingerprint density at radius 2 is 1.89 bits per heavy atom. The summed E-state index contributed by atoms with van der Waals surface area (Å²) in [5, 5.41) is 0. The van der Waals surface area contributed by atoms with Crippen LogP contribution >= 0.6 is 0 Å². The number of hydrogen-bond donors (Lipinski definition) is 2. The van der Waals surface area contributed by atoms with Gasteiger partial charge in [-0.1, -0.05) is 30.3 Å². The number of carbonyl (C=O) groups excluding carboxylic acids is 1. The van der Waals surface area contributed by atoms with Crippen molar-refractivity contribution in [2.45, 2.75) is 25.3 Å². The van der Waals surface area contributed by atoms with Gasteiger partial charge in [0.15, 0.2) is 0 Å². The van der Waals surface area contributed by atoms with Crippen LogP contribution in [0.3, 0.4) is 0 Å². The molecule has 1 aliphatic rings. The summed E-state index contributed by atoms with van der Waals surface area (Å²) < 4.78 is 0. The van der Waals surface area contributed by atoms with Gasteiger partial charge >= 0.3 is 0 Å². The molecular formula is C15H23N3O. The fourth-order valence-electron chi connectivity index (χ4n) is 2.74. The number of carbonyl (C=O) groups is 1. The van der Waals surface area contributed by atoms with Gasteiger partial charge in [0, 0.05) is 19.0 Å². The van der Waals surface area contributed by atoms with Crippen molar-refractivity contribution in [2.24, 2.45) is 17.4 Å². The second-order valence-corrected chi connectivity index (χ2v) is 5.43. The minimum Gasteiger partial charge on any atom is -0.370 e. The van der Waals surface area contributed by atoms with Crippen molar-refractivity contribution >= 4 is 5.91 Å². The molecule has 2 rings (SSSR count). The largest absolute Gasteiger partial charge is 0.370 e. The van der Waals surface area contributed by atoms with E-state index in [1.165, 1.54) is 5.56 Å². The molecule has 0 bridgehead atoms. The summed E-state index contributed by atoms with van der Waals surface area (Å²) in [6.45, 7) is 2.91. The summed E-state index contributed by atoms with van der Waals surface area (Å²) in [4.78, 5) is 13.3. The minimum atomic E-state index is -0.181. The van der Waals surface area contributed by atoms with E-state index in [2.05, 4.69) is 17.0 Å². The summed E-state index contributed by atoms with van der Waals surface area (Å²) in [5.41, 5.74) is 12.6. The highest BCUT2D eigenvalue weighted by molar-refractivity contribution is 5.73. The number of nitrogens with zero attached hydrogens (tertiary/aromatic N) is 1. The number of piperidine rings is 1. The van der Waals surface area contributed by atoms with Crippen LogP contribution in [0.1, 0.15) is 30.9 Å². The molecule has 0 saturated carbocycles. The maximum absolute atomic E-state index is 10.9. The Balaban J connectivity index is 1.78. The van der Waals surface area contributed by atoms with Gasteiger partial charge in [-0.25, -0.2) is 0 Å². The molecule has 0 radical (unpaired) electrons. The fraction of sp³-hybridized carbons (Fsp3) is 0.533. The zero-order valence-electron chi connectivity index (χ0n) is 11.3. The highest BCUT2D eigenvalue weighted by Crippen LogP contribution is 2.21. The minimum absolute atomic E-state index is 0.0638. The molecule has 19 heavy (non-hydrogen) atoms. The molecule has 1 atom stereocenters. The lowest BCUT2D eigenvalue weighted by Gasteiger charge is -2.33. The van der Waals surface area contributed by atoms with Gasteiger partial charge in [0.25, 0.3) is 0 Å². The smallest absolute Gasteiger partial charge is 0.217 e. The van der Waals surface area contributed by atoms with Crippen LogP contribution in [0.2, 0.25) is 0 Å². The molecule has 1 fully saturated rings. The van der Waals surface area contributed by atoms with Crippen LogP contribution in [0.4, 0.5) is 0 Å². The Morgan fingerprint density at radius 1 is 1.26 bits per heavy atom. The lowest BCUT2D eigenvalue weighted by Crippen LogP contribution is -2.39. The number of rotatable bonds is 5. The Hall–Kier alpha value is -1.39. The van der Waals surface area contributed by atoms with Crippen molar-refractivity contribution in [3.05, 3.63) is 35.9 Å². The average Bonchev–Trinajstić information content (AvgIpc) is 2.41. The van der Waals surface area contributed by atoms with Crippen molar-refractivity contribution in [2.75, 3.05) is 19.6 Å². The first-order valence-electron chi connectivity index (χ1n) is 6.96. The van der Waals surface area contributed by atoms with E-state index in [-0.39, 0.29) is 11.9 Å². The first-order valence-corrected chi connectivity index (χ1v) is 6.96. The zero-order valence-corrected chi connectivity index (χ0v) is 11.3. The summed E-state index contributed by atoms with van der Waals surface area (Å²) in [6.07, 6.45) is 2.62. The highest BCUT2D eigenvalue weighted by Gasteiger charge is 2.22. The first-order chi connectivity index (χ1) is 9.15. The molecule has 1 heterocycles. The van der Waals surface area contributed by atoms with Crippen LogP contribution < -0.4 is 11.5 Å². The van der Waals surface area contributed by atoms with E-state index < -0.39 is 0 Å². The van der Waals surface area contributed by atoms with E-state index in [0.29, 0.717) is 12.3 Å². The van der Waals surface area contributed by atoms with E-state index in [1.54, 1.807) is 0 Å². The van der Waals surface area contributed by atoms with Gasteiger partial charge in [-0.05, 0) is 37.4 Å². The maximum atomic E-state index is 10.9. The predicted molar refractivity (Wildman–Crippen MR) is 76.3 cm³/mol. The van der Waals surface area contributed by atoms with Crippen molar-refractivity contribution < 1.29 is 4.79 Å². The van der Waals surface area contributed by atoms with Crippen molar-refractivity contribution in [3.8, 4) is 0 Å². The summed E-state index contributed by atoms with van der Waals surface area (Å²) in [6, 6.07) is 10.3. The molecule has 0 aliphatic carbocycles. The molecule has 4 heteroatoms. The molecule has 0 aromatic heterocycles. The van der Waals surface area contributed by atoms with E-state index in [4.69, 9.17) is 11.5 Å². The molecule has 0 spiro atoms.